The number of rotatable bonds is 4. The van der Waals surface area contributed by atoms with Crippen LogP contribution in [0.1, 0.15) is 28.8 Å². The number of hydrogen-bond acceptors (Lipinski definition) is 2. The third-order valence-corrected chi connectivity index (χ3v) is 5.03. The van der Waals surface area contributed by atoms with Crippen LogP contribution in [0.4, 0.5) is 4.39 Å². The summed E-state index contributed by atoms with van der Waals surface area (Å²) in [4.78, 5) is 26.3. The molecule has 27 heavy (non-hydrogen) atoms. The predicted molar refractivity (Wildman–Crippen MR) is 107 cm³/mol. The monoisotopic (exact) mass is 430 g/mol. The molecule has 2 amide bonds. The van der Waals surface area contributed by atoms with E-state index < -0.39 is 0 Å². The van der Waals surface area contributed by atoms with Crippen LogP contribution in [-0.4, -0.2) is 35.8 Å². The van der Waals surface area contributed by atoms with Crippen molar-refractivity contribution in [1.29, 1.82) is 0 Å². The van der Waals surface area contributed by atoms with Gasteiger partial charge in [-0.25, -0.2) is 4.39 Å². The minimum Gasteiger partial charge on any atom is -0.349 e. The van der Waals surface area contributed by atoms with Crippen molar-refractivity contribution in [3.8, 4) is 0 Å². The maximum Gasteiger partial charge on any atom is 0.251 e. The molecule has 0 bridgehead atoms. The number of amides is 2. The number of carbonyl (C=O) groups is 2. The Morgan fingerprint density at radius 3 is 2.52 bits per heavy atom. The van der Waals surface area contributed by atoms with Gasteiger partial charge in [-0.3, -0.25) is 9.59 Å². The number of nitrogens with one attached hydrogen (secondary N) is 1. The lowest BCUT2D eigenvalue weighted by molar-refractivity contribution is -0.126. The van der Waals surface area contributed by atoms with E-state index in [9.17, 15) is 14.0 Å². The highest BCUT2D eigenvalue weighted by Gasteiger charge is 2.23. The molecule has 1 heterocycles. The third-order valence-electron chi connectivity index (χ3n) is 4.54. The fourth-order valence-corrected chi connectivity index (χ4v) is 3.39. The van der Waals surface area contributed by atoms with E-state index in [2.05, 4.69) is 21.2 Å². The molecule has 3 rings (SSSR count). The molecule has 0 unspecified atom stereocenters. The molecule has 2 aromatic carbocycles. The van der Waals surface area contributed by atoms with E-state index >= 15 is 0 Å². The smallest absolute Gasteiger partial charge is 0.251 e. The molecule has 1 saturated heterocycles. The van der Waals surface area contributed by atoms with Crippen molar-refractivity contribution in [3.63, 3.8) is 0 Å². The number of likely N-dealkylation sites (tertiary alicyclic amines) is 1. The van der Waals surface area contributed by atoms with Gasteiger partial charge in [-0.15, -0.1) is 0 Å². The summed E-state index contributed by atoms with van der Waals surface area (Å²) in [6.07, 6.45) is 4.28. The van der Waals surface area contributed by atoms with Crippen LogP contribution < -0.4 is 5.32 Å². The third kappa shape index (κ3) is 5.26. The first-order valence-corrected chi connectivity index (χ1v) is 9.60. The maximum atomic E-state index is 13.7. The normalized spacial score (nSPS) is 15.1. The van der Waals surface area contributed by atoms with Crippen LogP contribution >= 0.6 is 15.9 Å². The second kappa shape index (κ2) is 8.95. The molecule has 0 aromatic heterocycles. The molecule has 0 radical (unpaired) electrons. The minimum absolute atomic E-state index is 0.0493. The number of carbonyl (C=O) groups excluding carboxylic acids is 2. The summed E-state index contributed by atoms with van der Waals surface area (Å²) < 4.78 is 14.5. The Morgan fingerprint density at radius 1 is 1.11 bits per heavy atom. The van der Waals surface area contributed by atoms with E-state index in [1.807, 2.05) is 18.2 Å². The molecule has 1 aliphatic rings. The van der Waals surface area contributed by atoms with E-state index in [4.69, 9.17) is 0 Å². The van der Waals surface area contributed by atoms with E-state index in [-0.39, 0.29) is 23.7 Å². The number of nitrogens with zero attached hydrogens (tertiary/aromatic N) is 1. The van der Waals surface area contributed by atoms with Gasteiger partial charge >= 0.3 is 0 Å². The Labute approximate surface area is 166 Å². The van der Waals surface area contributed by atoms with Gasteiger partial charge in [-0.2, -0.15) is 0 Å². The first kappa shape index (κ1) is 19.3. The van der Waals surface area contributed by atoms with Crippen LogP contribution in [0.3, 0.4) is 0 Å². The number of piperidine rings is 1. The van der Waals surface area contributed by atoms with E-state index in [1.165, 1.54) is 18.2 Å². The lowest BCUT2D eigenvalue weighted by atomic mass is 10.0. The molecule has 1 fully saturated rings. The zero-order valence-electron chi connectivity index (χ0n) is 14.7. The van der Waals surface area contributed by atoms with Crippen molar-refractivity contribution >= 4 is 33.8 Å². The van der Waals surface area contributed by atoms with Crippen LogP contribution in [0.2, 0.25) is 0 Å². The highest BCUT2D eigenvalue weighted by atomic mass is 79.9. The van der Waals surface area contributed by atoms with Gasteiger partial charge in [0.15, 0.2) is 0 Å². The molecule has 0 atom stereocenters. The molecule has 1 N–H and O–H groups in total. The first-order chi connectivity index (χ1) is 13.0. The lowest BCUT2D eigenvalue weighted by Gasteiger charge is -2.31. The number of benzene rings is 2. The quantitative estimate of drug-likeness (QED) is 0.744. The molecule has 0 saturated carbocycles. The maximum absolute atomic E-state index is 13.7. The van der Waals surface area contributed by atoms with Gasteiger partial charge in [0.05, 0.1) is 0 Å². The summed E-state index contributed by atoms with van der Waals surface area (Å²) in [5, 5.41) is 3.02. The molecule has 0 spiro atoms. The van der Waals surface area contributed by atoms with E-state index in [0.717, 1.165) is 4.47 Å². The Bertz CT molecular complexity index is 847. The lowest BCUT2D eigenvalue weighted by Crippen LogP contribution is -2.46. The van der Waals surface area contributed by atoms with Crippen LogP contribution in [0.15, 0.2) is 59.1 Å². The molecular formula is C21H20BrFN2O2. The summed E-state index contributed by atoms with van der Waals surface area (Å²) in [5.74, 6) is -0.614. The largest absolute Gasteiger partial charge is 0.349 e. The predicted octanol–water partition coefficient (Wildman–Crippen LogP) is 4.02. The van der Waals surface area contributed by atoms with Gasteiger partial charge < -0.3 is 10.2 Å². The SMILES string of the molecule is O=C(NC1CCN(C(=O)/C=C/c2cc(Br)ccc2F)CC1)c1ccccc1. The Morgan fingerprint density at radius 2 is 1.81 bits per heavy atom. The second-order valence-corrected chi connectivity index (χ2v) is 7.35. The van der Waals surface area contributed by atoms with E-state index in [0.29, 0.717) is 37.1 Å². The van der Waals surface area contributed by atoms with Crippen LogP contribution in [-0.2, 0) is 4.79 Å². The molecule has 1 aliphatic heterocycles. The zero-order valence-corrected chi connectivity index (χ0v) is 16.3. The summed E-state index contributed by atoms with van der Waals surface area (Å²) in [7, 11) is 0. The van der Waals surface area contributed by atoms with Gasteiger partial charge in [0.1, 0.15) is 5.82 Å². The fraction of sp³-hybridized carbons (Fsp3) is 0.238. The fourth-order valence-electron chi connectivity index (χ4n) is 3.01. The Balaban J connectivity index is 1.51. The van der Waals surface area contributed by atoms with Gasteiger partial charge in [0.2, 0.25) is 5.91 Å². The zero-order chi connectivity index (χ0) is 19.2. The molecule has 4 nitrogen and oxygen atoms in total. The molecular weight excluding hydrogens is 411 g/mol. The average molecular weight is 431 g/mol. The molecule has 140 valence electrons. The van der Waals surface area contributed by atoms with Gasteiger partial charge in [-0.05, 0) is 49.2 Å². The van der Waals surface area contributed by atoms with Crippen LogP contribution in [0, 0.1) is 5.82 Å². The summed E-state index contributed by atoms with van der Waals surface area (Å²) >= 11 is 3.29. The van der Waals surface area contributed by atoms with Crippen LogP contribution in [0.25, 0.3) is 6.08 Å². The minimum atomic E-state index is -0.371. The van der Waals surface area contributed by atoms with E-state index in [1.54, 1.807) is 29.2 Å². The highest BCUT2D eigenvalue weighted by molar-refractivity contribution is 9.10. The van der Waals surface area contributed by atoms with Crippen molar-refractivity contribution in [3.05, 3.63) is 76.0 Å². The van der Waals surface area contributed by atoms with Crippen LogP contribution in [0.5, 0.6) is 0 Å². The first-order valence-electron chi connectivity index (χ1n) is 8.81. The van der Waals surface area contributed by atoms with Gasteiger partial charge in [0, 0.05) is 40.8 Å². The Hall–Kier alpha value is -2.47. The number of hydrogen-bond donors (Lipinski definition) is 1. The standard InChI is InChI=1S/C21H20BrFN2O2/c22-17-7-8-19(23)16(14-17)6-9-20(26)25-12-10-18(11-13-25)24-21(27)15-4-2-1-3-5-15/h1-9,14,18H,10-13H2,(H,24,27)/b9-6+. The van der Waals surface area contributed by atoms with Crippen molar-refractivity contribution in [2.75, 3.05) is 13.1 Å². The summed E-state index contributed by atoms with van der Waals surface area (Å²) in [6.45, 7) is 1.12. The van der Waals surface area contributed by atoms with Crippen molar-refractivity contribution in [2.45, 2.75) is 18.9 Å². The molecule has 2 aromatic rings. The summed E-state index contributed by atoms with van der Waals surface area (Å²) in [5.41, 5.74) is 0.998. The van der Waals surface area contributed by atoms with Gasteiger partial charge in [-0.1, -0.05) is 34.1 Å². The van der Waals surface area contributed by atoms with Crippen molar-refractivity contribution in [2.24, 2.45) is 0 Å². The second-order valence-electron chi connectivity index (χ2n) is 6.44. The van der Waals surface area contributed by atoms with Crippen molar-refractivity contribution in [1.82, 2.24) is 10.2 Å². The Kier molecular flexibility index (Phi) is 6.40. The molecule has 6 heteroatoms. The number of halogens is 2. The molecule has 0 aliphatic carbocycles. The average Bonchev–Trinajstić information content (AvgIpc) is 2.69. The summed E-state index contributed by atoms with van der Waals surface area (Å²) in [6, 6.07) is 13.7. The highest BCUT2D eigenvalue weighted by Crippen LogP contribution is 2.17. The van der Waals surface area contributed by atoms with Crippen molar-refractivity contribution < 1.29 is 14.0 Å². The topological polar surface area (TPSA) is 49.4 Å². The van der Waals surface area contributed by atoms with Gasteiger partial charge in [0.25, 0.3) is 5.91 Å².